The summed E-state index contributed by atoms with van der Waals surface area (Å²) < 4.78 is 12.6. The van der Waals surface area contributed by atoms with Crippen LogP contribution in [-0.4, -0.2) is 39.8 Å². The second kappa shape index (κ2) is 7.34. The van der Waals surface area contributed by atoms with E-state index in [0.29, 0.717) is 30.4 Å². The first-order valence-corrected chi connectivity index (χ1v) is 9.10. The van der Waals surface area contributed by atoms with Gasteiger partial charge >= 0.3 is 0 Å². The smallest absolute Gasteiger partial charge is 0.246 e. The Labute approximate surface area is 163 Å². The van der Waals surface area contributed by atoms with Crippen LogP contribution < -0.4 is 9.47 Å². The summed E-state index contributed by atoms with van der Waals surface area (Å²) in [6.07, 6.45) is 0. The first kappa shape index (κ1) is 18.0. The molecule has 28 heavy (non-hydrogen) atoms. The fourth-order valence-electron chi connectivity index (χ4n) is 3.53. The number of benzene rings is 2. The topological polar surface area (TPSA) is 69.5 Å². The average Bonchev–Trinajstić information content (AvgIpc) is 3.16. The second-order valence-corrected chi connectivity index (χ2v) is 6.77. The normalized spacial score (nSPS) is 16.0. The first-order valence-electron chi connectivity index (χ1n) is 9.10. The van der Waals surface area contributed by atoms with E-state index in [-0.39, 0.29) is 5.91 Å². The number of methoxy groups -OCH3 is 2. The van der Waals surface area contributed by atoms with Crippen molar-refractivity contribution >= 4 is 5.91 Å². The van der Waals surface area contributed by atoms with Crippen molar-refractivity contribution in [3.63, 3.8) is 0 Å². The molecule has 2 aromatic carbocycles. The molecule has 4 rings (SSSR count). The number of hydrogen-bond acceptors (Lipinski definition) is 5. The standard InChI is InChI=1S/C21H22N4O3/c1-14-21(26)24(12-15-7-5-4-6-8-15)13-19-22-23-20(25(14)19)16-9-17(27-2)11-18(10-16)28-3/h4-11,14H,12-13H2,1-3H3/t14-/m1/s1. The highest BCUT2D eigenvalue weighted by molar-refractivity contribution is 5.82. The molecule has 0 bridgehead atoms. The lowest BCUT2D eigenvalue weighted by molar-refractivity contribution is -0.137. The lowest BCUT2D eigenvalue weighted by atomic mass is 10.1. The van der Waals surface area contributed by atoms with Gasteiger partial charge in [-0.2, -0.15) is 0 Å². The zero-order chi connectivity index (χ0) is 19.7. The van der Waals surface area contributed by atoms with Gasteiger partial charge in [-0.3, -0.25) is 9.36 Å². The molecule has 1 aliphatic heterocycles. The molecule has 1 atom stereocenters. The maximum absolute atomic E-state index is 13.0. The minimum absolute atomic E-state index is 0.0484. The van der Waals surface area contributed by atoms with Crippen molar-refractivity contribution in [1.82, 2.24) is 19.7 Å². The van der Waals surface area contributed by atoms with Crippen molar-refractivity contribution in [2.45, 2.75) is 26.1 Å². The highest BCUT2D eigenvalue weighted by Gasteiger charge is 2.33. The number of carbonyl (C=O) groups is 1. The molecule has 0 saturated carbocycles. The Hall–Kier alpha value is -3.35. The fourth-order valence-corrected chi connectivity index (χ4v) is 3.53. The maximum atomic E-state index is 13.0. The SMILES string of the molecule is COc1cc(OC)cc(-c2nnc3n2[C@H](C)C(=O)N(Cc2ccccc2)C3)c1. The lowest BCUT2D eigenvalue weighted by Gasteiger charge is -2.32. The van der Waals surface area contributed by atoms with E-state index < -0.39 is 6.04 Å². The van der Waals surface area contributed by atoms with Crippen LogP contribution in [0.2, 0.25) is 0 Å². The maximum Gasteiger partial charge on any atom is 0.246 e. The van der Waals surface area contributed by atoms with E-state index in [4.69, 9.17) is 9.47 Å². The molecular formula is C21H22N4O3. The molecule has 1 aliphatic rings. The number of nitrogens with zero attached hydrogens (tertiary/aromatic N) is 4. The summed E-state index contributed by atoms with van der Waals surface area (Å²) in [6, 6.07) is 15.1. The molecule has 3 aromatic rings. The van der Waals surface area contributed by atoms with Gasteiger partial charge in [-0.25, -0.2) is 0 Å². The quantitative estimate of drug-likeness (QED) is 0.682. The third kappa shape index (κ3) is 3.19. The van der Waals surface area contributed by atoms with E-state index in [1.807, 2.05) is 58.9 Å². The molecule has 0 fully saturated rings. The summed E-state index contributed by atoms with van der Waals surface area (Å²) >= 11 is 0. The summed E-state index contributed by atoms with van der Waals surface area (Å²) in [5, 5.41) is 8.73. The summed E-state index contributed by atoms with van der Waals surface area (Å²) in [7, 11) is 3.21. The van der Waals surface area contributed by atoms with Gasteiger partial charge in [0, 0.05) is 18.2 Å². The summed E-state index contributed by atoms with van der Waals surface area (Å²) in [5.74, 6) is 2.76. The first-order chi connectivity index (χ1) is 13.6. The molecule has 2 heterocycles. The molecule has 1 amide bonds. The molecule has 0 aliphatic carbocycles. The van der Waals surface area contributed by atoms with Crippen LogP contribution in [0.25, 0.3) is 11.4 Å². The second-order valence-electron chi connectivity index (χ2n) is 6.77. The van der Waals surface area contributed by atoms with Crippen LogP contribution in [0.1, 0.15) is 24.4 Å². The predicted molar refractivity (Wildman–Crippen MR) is 104 cm³/mol. The van der Waals surface area contributed by atoms with Gasteiger partial charge in [0.1, 0.15) is 17.5 Å². The van der Waals surface area contributed by atoms with E-state index in [9.17, 15) is 4.79 Å². The molecule has 0 saturated heterocycles. The number of ether oxygens (including phenoxy) is 2. The Morgan fingerprint density at radius 3 is 2.36 bits per heavy atom. The summed E-state index contributed by atoms with van der Waals surface area (Å²) in [5.41, 5.74) is 1.89. The number of fused-ring (bicyclic) bond motifs is 1. The van der Waals surface area contributed by atoms with E-state index in [1.54, 1.807) is 20.3 Å². The van der Waals surface area contributed by atoms with Gasteiger partial charge in [0.2, 0.25) is 5.91 Å². The van der Waals surface area contributed by atoms with Crippen LogP contribution in [0.15, 0.2) is 48.5 Å². The van der Waals surface area contributed by atoms with Crippen molar-refractivity contribution in [3.05, 3.63) is 59.9 Å². The van der Waals surface area contributed by atoms with Gasteiger partial charge in [-0.15, -0.1) is 10.2 Å². The van der Waals surface area contributed by atoms with Crippen LogP contribution >= 0.6 is 0 Å². The summed E-state index contributed by atoms with van der Waals surface area (Å²) in [6.45, 7) is 2.86. The molecule has 144 valence electrons. The monoisotopic (exact) mass is 378 g/mol. The lowest BCUT2D eigenvalue weighted by Crippen LogP contribution is -2.41. The van der Waals surface area contributed by atoms with E-state index in [1.165, 1.54) is 0 Å². The van der Waals surface area contributed by atoms with Crippen molar-refractivity contribution < 1.29 is 14.3 Å². The fraction of sp³-hybridized carbons (Fsp3) is 0.286. The van der Waals surface area contributed by atoms with E-state index in [0.717, 1.165) is 17.0 Å². The average molecular weight is 378 g/mol. The Morgan fingerprint density at radius 2 is 1.71 bits per heavy atom. The molecular weight excluding hydrogens is 356 g/mol. The highest BCUT2D eigenvalue weighted by atomic mass is 16.5. The van der Waals surface area contributed by atoms with Gasteiger partial charge in [0.25, 0.3) is 0 Å². The number of hydrogen-bond donors (Lipinski definition) is 0. The van der Waals surface area contributed by atoms with Crippen LogP contribution in [-0.2, 0) is 17.9 Å². The van der Waals surface area contributed by atoms with Gasteiger partial charge in [-0.05, 0) is 24.6 Å². The molecule has 0 spiro atoms. The predicted octanol–water partition coefficient (Wildman–Crippen LogP) is 3.07. The Bertz CT molecular complexity index is 978. The highest BCUT2D eigenvalue weighted by Crippen LogP contribution is 2.33. The largest absolute Gasteiger partial charge is 0.497 e. The Kier molecular flexibility index (Phi) is 4.73. The molecule has 1 aromatic heterocycles. The number of aromatic nitrogens is 3. The molecule has 0 unspecified atom stereocenters. The zero-order valence-corrected chi connectivity index (χ0v) is 16.1. The van der Waals surface area contributed by atoms with Crippen molar-refractivity contribution in [2.75, 3.05) is 14.2 Å². The van der Waals surface area contributed by atoms with Crippen molar-refractivity contribution in [2.24, 2.45) is 0 Å². The van der Waals surface area contributed by atoms with Crippen molar-refractivity contribution in [3.8, 4) is 22.9 Å². The molecule has 7 nitrogen and oxygen atoms in total. The molecule has 0 radical (unpaired) electrons. The zero-order valence-electron chi connectivity index (χ0n) is 16.1. The van der Waals surface area contributed by atoms with Crippen LogP contribution in [0.5, 0.6) is 11.5 Å². The van der Waals surface area contributed by atoms with E-state index >= 15 is 0 Å². The minimum atomic E-state index is -0.394. The summed E-state index contributed by atoms with van der Waals surface area (Å²) in [4.78, 5) is 14.8. The third-order valence-electron chi connectivity index (χ3n) is 4.98. The third-order valence-corrected chi connectivity index (χ3v) is 4.98. The van der Waals surface area contributed by atoms with Crippen molar-refractivity contribution in [1.29, 1.82) is 0 Å². The van der Waals surface area contributed by atoms with Gasteiger partial charge in [0.15, 0.2) is 11.6 Å². The van der Waals surface area contributed by atoms with Crippen LogP contribution in [0, 0.1) is 0 Å². The van der Waals surface area contributed by atoms with E-state index in [2.05, 4.69) is 10.2 Å². The number of amides is 1. The molecule has 7 heteroatoms. The van der Waals surface area contributed by atoms with Gasteiger partial charge in [0.05, 0.1) is 20.8 Å². The number of rotatable bonds is 5. The van der Waals surface area contributed by atoms with Gasteiger partial charge < -0.3 is 14.4 Å². The number of carbonyl (C=O) groups excluding carboxylic acids is 1. The minimum Gasteiger partial charge on any atom is -0.497 e. The Morgan fingerprint density at radius 1 is 1.04 bits per heavy atom. The van der Waals surface area contributed by atoms with Gasteiger partial charge in [-0.1, -0.05) is 30.3 Å². The van der Waals surface area contributed by atoms with Crippen LogP contribution in [0.3, 0.4) is 0 Å². The molecule has 0 N–H and O–H groups in total. The van der Waals surface area contributed by atoms with Crippen LogP contribution in [0.4, 0.5) is 0 Å². The Balaban J connectivity index is 1.69.